The average Bonchev–Trinajstić information content (AvgIpc) is 3.13. The van der Waals surface area contributed by atoms with Gasteiger partial charge in [0.2, 0.25) is 0 Å². The van der Waals surface area contributed by atoms with Gasteiger partial charge in [0.1, 0.15) is 4.21 Å². The minimum atomic E-state index is -3.38. The maximum atomic E-state index is 12.9. The number of thiophene rings is 1. The van der Waals surface area contributed by atoms with Gasteiger partial charge in [-0.25, -0.2) is 8.42 Å². The molecule has 21 heavy (non-hydrogen) atoms. The number of ether oxygens (including phenoxy) is 1. The normalized spacial score (nSPS) is 26.9. The highest BCUT2D eigenvalue weighted by Gasteiger charge is 2.42. The Morgan fingerprint density at radius 1 is 1.43 bits per heavy atom. The summed E-state index contributed by atoms with van der Waals surface area (Å²) in [6.07, 6.45) is 3.04. The van der Waals surface area contributed by atoms with Gasteiger partial charge < -0.3 is 10.1 Å². The molecule has 1 aromatic heterocycles. The Morgan fingerprint density at radius 3 is 3.10 bits per heavy atom. The zero-order chi connectivity index (χ0) is 14.9. The van der Waals surface area contributed by atoms with E-state index in [2.05, 4.69) is 5.32 Å². The van der Waals surface area contributed by atoms with Crippen LogP contribution in [0.5, 0.6) is 0 Å². The molecule has 0 amide bonds. The van der Waals surface area contributed by atoms with Gasteiger partial charge in [-0.15, -0.1) is 11.3 Å². The summed E-state index contributed by atoms with van der Waals surface area (Å²) in [6.45, 7) is 4.64. The number of hydrogen-bond acceptors (Lipinski definition) is 5. The highest BCUT2D eigenvalue weighted by atomic mass is 32.2. The minimum absolute atomic E-state index is 0.0306. The van der Waals surface area contributed by atoms with E-state index in [1.54, 1.807) is 10.4 Å². The van der Waals surface area contributed by atoms with Gasteiger partial charge in [-0.2, -0.15) is 4.31 Å². The number of hydrogen-bond donors (Lipinski definition) is 1. The molecular formula is C14H22N2O3S2. The predicted molar refractivity (Wildman–Crippen MR) is 83.0 cm³/mol. The van der Waals surface area contributed by atoms with Gasteiger partial charge in [0.25, 0.3) is 10.0 Å². The number of nitrogens with one attached hydrogen (secondary N) is 1. The smallest absolute Gasteiger partial charge is 0.252 e. The van der Waals surface area contributed by atoms with Crippen LogP contribution < -0.4 is 5.32 Å². The van der Waals surface area contributed by atoms with E-state index in [1.807, 2.05) is 13.0 Å². The van der Waals surface area contributed by atoms with Crippen molar-refractivity contribution in [1.29, 1.82) is 0 Å². The fourth-order valence-corrected chi connectivity index (χ4v) is 6.26. The highest BCUT2D eigenvalue weighted by Crippen LogP contribution is 2.35. The second-order valence-corrected chi connectivity index (χ2v) is 8.81. The third-order valence-corrected chi connectivity index (χ3v) is 7.66. The fraction of sp³-hybridized carbons (Fsp3) is 0.714. The van der Waals surface area contributed by atoms with Gasteiger partial charge in [0.05, 0.1) is 18.8 Å². The summed E-state index contributed by atoms with van der Waals surface area (Å²) in [5.41, 5.74) is 0. The van der Waals surface area contributed by atoms with Crippen LogP contribution in [-0.4, -0.2) is 44.6 Å². The summed E-state index contributed by atoms with van der Waals surface area (Å²) < 4.78 is 33.6. The Labute approximate surface area is 130 Å². The first-order chi connectivity index (χ1) is 10.1. The van der Waals surface area contributed by atoms with Gasteiger partial charge >= 0.3 is 0 Å². The minimum Gasteiger partial charge on any atom is -0.375 e. The molecule has 2 atom stereocenters. The molecule has 5 nitrogen and oxygen atoms in total. The van der Waals surface area contributed by atoms with Crippen LogP contribution in [0.2, 0.25) is 0 Å². The van der Waals surface area contributed by atoms with E-state index in [-0.39, 0.29) is 12.1 Å². The Kier molecular flexibility index (Phi) is 4.66. The molecule has 1 N–H and O–H groups in total. The van der Waals surface area contributed by atoms with Crippen LogP contribution >= 0.6 is 11.3 Å². The third-order valence-electron chi connectivity index (χ3n) is 4.18. The molecule has 3 rings (SSSR count). The lowest BCUT2D eigenvalue weighted by Crippen LogP contribution is -2.50. The van der Waals surface area contributed by atoms with Crippen LogP contribution in [0.4, 0.5) is 0 Å². The van der Waals surface area contributed by atoms with Gasteiger partial charge in [0, 0.05) is 18.0 Å². The molecule has 118 valence electrons. The average molecular weight is 330 g/mol. The van der Waals surface area contributed by atoms with Crippen LogP contribution in [0.15, 0.2) is 16.3 Å². The first kappa shape index (κ1) is 15.4. The van der Waals surface area contributed by atoms with Gasteiger partial charge in [-0.05, 0) is 37.9 Å². The van der Waals surface area contributed by atoms with Gasteiger partial charge in [-0.1, -0.05) is 6.92 Å². The molecular weight excluding hydrogens is 308 g/mol. The summed E-state index contributed by atoms with van der Waals surface area (Å²) in [6, 6.07) is 3.68. The molecule has 0 spiro atoms. The van der Waals surface area contributed by atoms with E-state index < -0.39 is 10.0 Å². The van der Waals surface area contributed by atoms with Crippen LogP contribution in [0.25, 0.3) is 0 Å². The van der Waals surface area contributed by atoms with E-state index >= 15 is 0 Å². The van der Waals surface area contributed by atoms with Crippen LogP contribution in [0.1, 0.15) is 31.1 Å². The number of morpholine rings is 1. The molecule has 1 aliphatic heterocycles. The molecule has 1 aromatic rings. The van der Waals surface area contributed by atoms with Crippen LogP contribution in [-0.2, 0) is 21.3 Å². The van der Waals surface area contributed by atoms with Gasteiger partial charge in [0.15, 0.2) is 0 Å². The predicted octanol–water partition coefficient (Wildman–Crippen LogP) is 1.80. The quantitative estimate of drug-likeness (QED) is 0.894. The maximum Gasteiger partial charge on any atom is 0.252 e. The largest absolute Gasteiger partial charge is 0.375 e. The molecule has 1 saturated carbocycles. The van der Waals surface area contributed by atoms with E-state index in [0.29, 0.717) is 17.4 Å². The monoisotopic (exact) mass is 330 g/mol. The van der Waals surface area contributed by atoms with Crippen molar-refractivity contribution in [3.63, 3.8) is 0 Å². The zero-order valence-electron chi connectivity index (χ0n) is 12.2. The Bertz CT molecular complexity index is 585. The van der Waals surface area contributed by atoms with Crippen LogP contribution in [0, 0.1) is 0 Å². The van der Waals surface area contributed by atoms with Crippen molar-refractivity contribution in [2.45, 2.75) is 49.1 Å². The van der Waals surface area contributed by atoms with Crippen molar-refractivity contribution in [3.8, 4) is 0 Å². The topological polar surface area (TPSA) is 58.6 Å². The molecule has 0 bridgehead atoms. The Morgan fingerprint density at radius 2 is 2.29 bits per heavy atom. The molecule has 2 aliphatic rings. The van der Waals surface area contributed by atoms with Crippen molar-refractivity contribution in [1.82, 2.24) is 9.62 Å². The molecule has 0 radical (unpaired) electrons. The van der Waals surface area contributed by atoms with E-state index in [4.69, 9.17) is 4.74 Å². The highest BCUT2D eigenvalue weighted by molar-refractivity contribution is 7.91. The summed E-state index contributed by atoms with van der Waals surface area (Å²) in [4.78, 5) is 1.06. The zero-order valence-corrected chi connectivity index (χ0v) is 13.9. The van der Waals surface area contributed by atoms with E-state index in [9.17, 15) is 8.42 Å². The van der Waals surface area contributed by atoms with Crippen molar-refractivity contribution in [3.05, 3.63) is 17.0 Å². The number of fused-ring (bicyclic) bond motifs is 1. The van der Waals surface area contributed by atoms with Crippen molar-refractivity contribution < 1.29 is 13.2 Å². The summed E-state index contributed by atoms with van der Waals surface area (Å²) >= 11 is 1.37. The Hall–Kier alpha value is -0.470. The number of rotatable bonds is 5. The van der Waals surface area contributed by atoms with Crippen molar-refractivity contribution in [2.75, 3.05) is 19.7 Å². The van der Waals surface area contributed by atoms with Crippen molar-refractivity contribution >= 4 is 21.4 Å². The second kappa shape index (κ2) is 6.34. The molecule has 0 aromatic carbocycles. The fourth-order valence-electron chi connectivity index (χ4n) is 3.14. The second-order valence-electron chi connectivity index (χ2n) is 5.52. The van der Waals surface area contributed by atoms with E-state index in [0.717, 1.165) is 37.2 Å². The first-order valence-electron chi connectivity index (χ1n) is 7.56. The lowest BCUT2D eigenvalue weighted by atomic mass is 10.2. The van der Waals surface area contributed by atoms with Gasteiger partial charge in [-0.3, -0.25) is 0 Å². The lowest BCUT2D eigenvalue weighted by Gasteiger charge is -2.36. The molecule has 2 heterocycles. The number of nitrogens with zero attached hydrogens (tertiary/aromatic N) is 1. The molecule has 2 fully saturated rings. The third kappa shape index (κ3) is 3.03. The molecule has 1 saturated heterocycles. The summed E-state index contributed by atoms with van der Waals surface area (Å²) in [5.74, 6) is 0. The number of sulfonamides is 1. The molecule has 2 unspecified atom stereocenters. The SMILES string of the molecule is CCNCc1ccc(S(=O)(=O)N2CCOC3CCCC32)s1. The molecule has 7 heteroatoms. The standard InChI is InChI=1S/C14H22N2O3S2/c1-2-15-10-11-6-7-14(20-11)21(17,18)16-8-9-19-13-5-3-4-12(13)16/h6-7,12-13,15H,2-5,8-10H2,1H3. The summed E-state index contributed by atoms with van der Waals surface area (Å²) in [5, 5.41) is 3.23. The first-order valence-corrected chi connectivity index (χ1v) is 9.81. The molecule has 1 aliphatic carbocycles. The Balaban J connectivity index is 1.80. The van der Waals surface area contributed by atoms with E-state index in [1.165, 1.54) is 11.3 Å². The van der Waals surface area contributed by atoms with Crippen LogP contribution in [0.3, 0.4) is 0 Å². The van der Waals surface area contributed by atoms with Crippen molar-refractivity contribution in [2.24, 2.45) is 0 Å². The summed E-state index contributed by atoms with van der Waals surface area (Å²) in [7, 11) is -3.38. The maximum absolute atomic E-state index is 12.9. The lowest BCUT2D eigenvalue weighted by molar-refractivity contribution is -0.0241.